The SMILES string of the molecule is O=C(CC1CCC(CCN2CCN(c3nccc4c3OCC4)CC2)CC1)c1ccc(Cl)cc1. The Morgan fingerprint density at radius 3 is 2.48 bits per heavy atom. The van der Waals surface area contributed by atoms with Crippen molar-refractivity contribution in [2.75, 3.05) is 44.2 Å². The van der Waals surface area contributed by atoms with Crippen LogP contribution in [0.2, 0.25) is 5.02 Å². The van der Waals surface area contributed by atoms with Gasteiger partial charge >= 0.3 is 0 Å². The van der Waals surface area contributed by atoms with Crippen molar-refractivity contribution in [2.24, 2.45) is 11.8 Å². The molecular formula is C27H34ClN3O2. The summed E-state index contributed by atoms with van der Waals surface area (Å²) in [6.07, 6.45) is 9.77. The van der Waals surface area contributed by atoms with Crippen LogP contribution in [-0.4, -0.2) is 55.0 Å². The van der Waals surface area contributed by atoms with Crippen LogP contribution in [0.15, 0.2) is 36.5 Å². The minimum Gasteiger partial charge on any atom is -0.489 e. The van der Waals surface area contributed by atoms with Gasteiger partial charge in [0.15, 0.2) is 17.4 Å². The molecule has 0 atom stereocenters. The zero-order valence-electron chi connectivity index (χ0n) is 19.3. The standard InChI is InChI=1S/C27H34ClN3O2/c28-24-7-5-22(6-8-24)25(32)19-21-3-1-20(2-4-21)10-13-30-14-16-31(17-15-30)27-26-23(9-12-29-27)11-18-33-26/h5-9,12,20-21H,1-4,10-11,13-19H2. The molecule has 1 aromatic carbocycles. The van der Waals surface area contributed by atoms with Crippen LogP contribution in [0.4, 0.5) is 5.82 Å². The third-order valence-electron chi connectivity index (χ3n) is 7.72. The summed E-state index contributed by atoms with van der Waals surface area (Å²) in [4.78, 5) is 22.2. The third-order valence-corrected chi connectivity index (χ3v) is 7.97. The van der Waals surface area contributed by atoms with Gasteiger partial charge in [0.25, 0.3) is 0 Å². The predicted molar refractivity (Wildman–Crippen MR) is 133 cm³/mol. The number of hydrogen-bond acceptors (Lipinski definition) is 5. The monoisotopic (exact) mass is 467 g/mol. The fraction of sp³-hybridized carbons (Fsp3) is 0.556. The van der Waals surface area contributed by atoms with Crippen molar-refractivity contribution in [3.05, 3.63) is 52.7 Å². The molecular weight excluding hydrogens is 434 g/mol. The lowest BCUT2D eigenvalue weighted by molar-refractivity contribution is 0.0940. The number of hydrogen-bond donors (Lipinski definition) is 0. The molecule has 0 N–H and O–H groups in total. The molecule has 3 heterocycles. The summed E-state index contributed by atoms with van der Waals surface area (Å²) in [6.45, 7) is 6.19. The second kappa shape index (κ2) is 10.4. The van der Waals surface area contributed by atoms with Crippen LogP contribution < -0.4 is 9.64 Å². The Balaban J connectivity index is 1.02. The van der Waals surface area contributed by atoms with Crippen molar-refractivity contribution in [2.45, 2.75) is 44.9 Å². The maximum absolute atomic E-state index is 12.6. The van der Waals surface area contributed by atoms with Crippen LogP contribution in [0.25, 0.3) is 0 Å². The number of ketones is 1. The zero-order chi connectivity index (χ0) is 22.6. The molecule has 33 heavy (non-hydrogen) atoms. The van der Waals surface area contributed by atoms with Gasteiger partial charge in [-0.15, -0.1) is 0 Å². The lowest BCUT2D eigenvalue weighted by Gasteiger charge is -2.37. The zero-order valence-corrected chi connectivity index (χ0v) is 20.1. The highest BCUT2D eigenvalue weighted by Gasteiger charge is 2.27. The molecule has 0 bridgehead atoms. The van der Waals surface area contributed by atoms with E-state index in [4.69, 9.17) is 16.3 Å². The van der Waals surface area contributed by atoms with Gasteiger partial charge in [-0.2, -0.15) is 0 Å². The van der Waals surface area contributed by atoms with Crippen LogP contribution in [-0.2, 0) is 6.42 Å². The van der Waals surface area contributed by atoms with Gasteiger partial charge in [-0.3, -0.25) is 9.69 Å². The van der Waals surface area contributed by atoms with Gasteiger partial charge in [0.2, 0.25) is 0 Å². The minimum absolute atomic E-state index is 0.261. The summed E-state index contributed by atoms with van der Waals surface area (Å²) < 4.78 is 5.85. The second-order valence-electron chi connectivity index (χ2n) is 9.86. The van der Waals surface area contributed by atoms with Crippen molar-refractivity contribution in [3.63, 3.8) is 0 Å². The van der Waals surface area contributed by atoms with E-state index in [1.54, 1.807) is 0 Å². The Bertz CT molecular complexity index is 948. The van der Waals surface area contributed by atoms with E-state index in [2.05, 4.69) is 20.9 Å². The molecule has 6 heteroatoms. The highest BCUT2D eigenvalue weighted by atomic mass is 35.5. The quantitative estimate of drug-likeness (QED) is 0.519. The molecule has 1 aliphatic carbocycles. The van der Waals surface area contributed by atoms with Gasteiger partial charge in [0.1, 0.15) is 0 Å². The molecule has 0 unspecified atom stereocenters. The molecule has 1 saturated carbocycles. The highest BCUT2D eigenvalue weighted by Crippen LogP contribution is 2.35. The largest absolute Gasteiger partial charge is 0.489 e. The number of ether oxygens (including phenoxy) is 1. The van der Waals surface area contributed by atoms with E-state index in [9.17, 15) is 4.79 Å². The summed E-state index contributed by atoms with van der Waals surface area (Å²) in [5.74, 6) is 3.65. The van der Waals surface area contributed by atoms with Crippen LogP contribution in [0, 0.1) is 11.8 Å². The Labute approximate surface area is 202 Å². The summed E-state index contributed by atoms with van der Waals surface area (Å²) >= 11 is 5.94. The predicted octanol–water partition coefficient (Wildman–Crippen LogP) is 5.26. The summed E-state index contributed by atoms with van der Waals surface area (Å²) in [7, 11) is 0. The maximum atomic E-state index is 12.6. The van der Waals surface area contributed by atoms with E-state index in [1.807, 2.05) is 30.5 Å². The molecule has 2 fully saturated rings. The topological polar surface area (TPSA) is 45.7 Å². The molecule has 1 aromatic heterocycles. The van der Waals surface area contributed by atoms with E-state index in [-0.39, 0.29) is 5.78 Å². The smallest absolute Gasteiger partial charge is 0.171 e. The van der Waals surface area contributed by atoms with Gasteiger partial charge in [-0.05, 0) is 68.0 Å². The van der Waals surface area contributed by atoms with Crippen molar-refractivity contribution < 1.29 is 9.53 Å². The highest BCUT2D eigenvalue weighted by molar-refractivity contribution is 6.30. The number of nitrogens with zero attached hydrogens (tertiary/aromatic N) is 3. The van der Waals surface area contributed by atoms with E-state index in [0.29, 0.717) is 17.4 Å². The number of carbonyl (C=O) groups excluding carboxylic acids is 1. The number of carbonyl (C=O) groups is 1. The van der Waals surface area contributed by atoms with Gasteiger partial charge < -0.3 is 9.64 Å². The number of fused-ring (bicyclic) bond motifs is 1. The first-order valence-corrected chi connectivity index (χ1v) is 12.9. The Morgan fingerprint density at radius 2 is 1.73 bits per heavy atom. The number of Topliss-reactive ketones (excluding diaryl/α,β-unsaturated/α-hetero) is 1. The first-order valence-electron chi connectivity index (χ1n) is 12.5. The van der Waals surface area contributed by atoms with E-state index in [0.717, 1.165) is 62.3 Å². The molecule has 0 spiro atoms. The molecule has 5 nitrogen and oxygen atoms in total. The molecule has 176 valence electrons. The van der Waals surface area contributed by atoms with Gasteiger partial charge in [-0.25, -0.2) is 4.98 Å². The minimum atomic E-state index is 0.261. The molecule has 0 radical (unpaired) electrons. The summed E-state index contributed by atoms with van der Waals surface area (Å²) in [5, 5.41) is 0.683. The Kier molecular flexibility index (Phi) is 7.17. The number of piperazine rings is 1. The molecule has 2 aliphatic heterocycles. The lowest BCUT2D eigenvalue weighted by atomic mass is 9.78. The molecule has 2 aromatic rings. The van der Waals surface area contributed by atoms with E-state index >= 15 is 0 Å². The summed E-state index contributed by atoms with van der Waals surface area (Å²) in [6, 6.07) is 9.41. The fourth-order valence-corrected chi connectivity index (χ4v) is 5.73. The van der Waals surface area contributed by atoms with Crippen molar-refractivity contribution >= 4 is 23.2 Å². The Hall–Kier alpha value is -2.11. The number of aromatic nitrogens is 1. The van der Waals surface area contributed by atoms with Crippen LogP contribution >= 0.6 is 11.6 Å². The van der Waals surface area contributed by atoms with Crippen molar-refractivity contribution in [1.29, 1.82) is 0 Å². The van der Waals surface area contributed by atoms with Gasteiger partial charge in [-0.1, -0.05) is 24.4 Å². The van der Waals surface area contributed by atoms with E-state index in [1.165, 1.54) is 44.2 Å². The number of pyridine rings is 1. The first-order chi connectivity index (χ1) is 16.2. The van der Waals surface area contributed by atoms with Crippen molar-refractivity contribution in [3.8, 4) is 5.75 Å². The number of rotatable bonds is 7. The Morgan fingerprint density at radius 1 is 1.00 bits per heavy atom. The average Bonchev–Trinajstić information content (AvgIpc) is 3.34. The number of anilines is 1. The molecule has 0 amide bonds. The van der Waals surface area contributed by atoms with Crippen LogP contribution in [0.1, 0.15) is 54.4 Å². The summed E-state index contributed by atoms with van der Waals surface area (Å²) in [5.41, 5.74) is 2.09. The van der Waals surface area contributed by atoms with Gasteiger partial charge in [0.05, 0.1) is 6.61 Å². The first kappa shape index (κ1) is 22.7. The average molecular weight is 468 g/mol. The van der Waals surface area contributed by atoms with E-state index < -0.39 is 0 Å². The lowest BCUT2D eigenvalue weighted by Crippen LogP contribution is -2.47. The molecule has 1 saturated heterocycles. The third kappa shape index (κ3) is 5.52. The van der Waals surface area contributed by atoms with Crippen molar-refractivity contribution in [1.82, 2.24) is 9.88 Å². The van der Waals surface area contributed by atoms with Gasteiger partial charge in [0, 0.05) is 61.4 Å². The fourth-order valence-electron chi connectivity index (χ4n) is 5.61. The maximum Gasteiger partial charge on any atom is 0.171 e. The molecule has 3 aliphatic rings. The van der Waals surface area contributed by atoms with Crippen LogP contribution in [0.3, 0.4) is 0 Å². The normalized spacial score (nSPS) is 23.2. The second-order valence-corrected chi connectivity index (χ2v) is 10.3. The molecule has 5 rings (SSSR count). The number of halogens is 1. The number of benzene rings is 1. The van der Waals surface area contributed by atoms with Crippen LogP contribution in [0.5, 0.6) is 5.75 Å².